The van der Waals surface area contributed by atoms with Gasteiger partial charge in [0.2, 0.25) is 21.9 Å². The maximum absolute atomic E-state index is 12.3. The number of benzene rings is 1. The number of rotatable bonds is 3. The average molecular weight is 367 g/mol. The molecule has 0 saturated carbocycles. The summed E-state index contributed by atoms with van der Waals surface area (Å²) in [5, 5.41) is 2.56. The highest BCUT2D eigenvalue weighted by Gasteiger charge is 2.36. The van der Waals surface area contributed by atoms with Crippen molar-refractivity contribution in [2.45, 2.75) is 6.42 Å². The molecule has 1 fully saturated rings. The van der Waals surface area contributed by atoms with Crippen LogP contribution in [0.3, 0.4) is 0 Å². The fraction of sp³-hybridized carbons (Fsp3) is 0.143. The van der Waals surface area contributed by atoms with Crippen molar-refractivity contribution in [2.24, 2.45) is 0 Å². The minimum atomic E-state index is -3.72. The van der Waals surface area contributed by atoms with Gasteiger partial charge in [0.25, 0.3) is 5.91 Å². The zero-order valence-corrected chi connectivity index (χ0v) is 13.7. The molecule has 124 valence electrons. The van der Waals surface area contributed by atoms with Gasteiger partial charge in [0.15, 0.2) is 0 Å². The van der Waals surface area contributed by atoms with Crippen molar-refractivity contribution in [3.8, 4) is 0 Å². The summed E-state index contributed by atoms with van der Waals surface area (Å²) in [7, 11) is -3.72. The van der Waals surface area contributed by atoms with E-state index in [0.717, 1.165) is 0 Å². The lowest BCUT2D eigenvalue weighted by Gasteiger charge is -2.16. The zero-order valence-electron chi connectivity index (χ0n) is 12.1. The number of nitrogens with zero attached hydrogens (tertiary/aromatic N) is 3. The molecule has 1 aromatic heterocycles. The van der Waals surface area contributed by atoms with Crippen molar-refractivity contribution in [3.05, 3.63) is 47.2 Å². The molecule has 1 aromatic carbocycles. The summed E-state index contributed by atoms with van der Waals surface area (Å²) in [5.74, 6) is -1.34. The molecule has 0 spiro atoms. The Labute approximate surface area is 142 Å². The number of hydrogen-bond donors (Lipinski definition) is 1. The van der Waals surface area contributed by atoms with Gasteiger partial charge in [-0.05, 0) is 24.3 Å². The number of anilines is 2. The number of halogens is 1. The summed E-state index contributed by atoms with van der Waals surface area (Å²) in [6.07, 6.45) is 2.82. The molecule has 0 aliphatic carbocycles. The van der Waals surface area contributed by atoms with Gasteiger partial charge in [0, 0.05) is 18.8 Å². The third kappa shape index (κ3) is 3.08. The number of sulfonamides is 1. The van der Waals surface area contributed by atoms with E-state index in [1.807, 2.05) is 0 Å². The molecule has 0 bridgehead atoms. The van der Waals surface area contributed by atoms with E-state index in [9.17, 15) is 18.0 Å². The molecule has 2 heterocycles. The topological polar surface area (TPSA) is 109 Å². The van der Waals surface area contributed by atoms with Crippen LogP contribution in [-0.2, 0) is 14.8 Å². The van der Waals surface area contributed by atoms with Crippen LogP contribution < -0.4 is 9.62 Å². The first kappa shape index (κ1) is 16.3. The van der Waals surface area contributed by atoms with Crippen molar-refractivity contribution in [3.63, 3.8) is 0 Å². The van der Waals surface area contributed by atoms with Crippen molar-refractivity contribution >= 4 is 45.1 Å². The number of carbonyl (C=O) groups excluding carboxylic acids is 2. The van der Waals surface area contributed by atoms with Crippen molar-refractivity contribution in [1.82, 2.24) is 9.97 Å². The number of carbonyl (C=O) groups is 2. The van der Waals surface area contributed by atoms with Crippen molar-refractivity contribution in [2.75, 3.05) is 15.4 Å². The quantitative estimate of drug-likeness (QED) is 0.880. The van der Waals surface area contributed by atoms with Crippen LogP contribution in [0.1, 0.15) is 16.8 Å². The van der Waals surface area contributed by atoms with Crippen LogP contribution >= 0.6 is 11.6 Å². The highest BCUT2D eigenvalue weighted by molar-refractivity contribution is 7.94. The smallest absolute Gasteiger partial charge is 0.259 e. The van der Waals surface area contributed by atoms with Gasteiger partial charge < -0.3 is 0 Å². The molecule has 10 heteroatoms. The summed E-state index contributed by atoms with van der Waals surface area (Å²) < 4.78 is 24.7. The summed E-state index contributed by atoms with van der Waals surface area (Å²) in [5.41, 5.74) is 0.0811. The Morgan fingerprint density at radius 1 is 1.25 bits per heavy atom. The monoisotopic (exact) mass is 366 g/mol. The van der Waals surface area contributed by atoms with E-state index in [-0.39, 0.29) is 34.4 Å². The molecule has 3 rings (SSSR count). The number of nitrogens with one attached hydrogen (secondary N) is 1. The Balaban J connectivity index is 1.95. The molecule has 24 heavy (non-hydrogen) atoms. The van der Waals surface area contributed by atoms with Crippen molar-refractivity contribution < 1.29 is 18.0 Å². The lowest BCUT2D eigenvalue weighted by atomic mass is 10.2. The Kier molecular flexibility index (Phi) is 4.20. The largest absolute Gasteiger partial charge is 0.290 e. The molecular weight excluding hydrogens is 356 g/mol. The van der Waals surface area contributed by atoms with Crippen LogP contribution in [0.5, 0.6) is 0 Å². The third-order valence-electron chi connectivity index (χ3n) is 3.30. The second-order valence-electron chi connectivity index (χ2n) is 4.91. The van der Waals surface area contributed by atoms with Gasteiger partial charge in [-0.15, -0.1) is 0 Å². The van der Waals surface area contributed by atoms with Crippen molar-refractivity contribution in [1.29, 1.82) is 0 Å². The van der Waals surface area contributed by atoms with E-state index in [4.69, 9.17) is 11.6 Å². The van der Waals surface area contributed by atoms with Gasteiger partial charge in [0.1, 0.15) is 0 Å². The number of aromatic nitrogens is 2. The molecule has 1 saturated heterocycles. The SMILES string of the molecule is O=C(Nc1ncccn1)c1cc(N2C(=O)CCS2(=O)=O)ccc1Cl. The van der Waals surface area contributed by atoms with Crippen LogP contribution in [0.2, 0.25) is 5.02 Å². The van der Waals surface area contributed by atoms with Crippen LogP contribution in [0.15, 0.2) is 36.7 Å². The predicted molar refractivity (Wildman–Crippen MR) is 87.3 cm³/mol. The second-order valence-corrected chi connectivity index (χ2v) is 7.26. The van der Waals surface area contributed by atoms with Gasteiger partial charge in [-0.3, -0.25) is 14.9 Å². The van der Waals surface area contributed by atoms with Gasteiger partial charge in [0.05, 0.1) is 22.0 Å². The molecular formula is C14H11ClN4O4S. The Bertz CT molecular complexity index is 918. The molecule has 2 amide bonds. The standard InChI is InChI=1S/C14H11ClN4O4S/c15-11-3-2-9(19-12(20)4-7-24(19,22)23)8-10(11)13(21)18-14-16-5-1-6-17-14/h1-3,5-6,8H,4,7H2,(H,16,17,18,21). The lowest BCUT2D eigenvalue weighted by molar-refractivity contribution is -0.116. The molecule has 0 radical (unpaired) electrons. The molecule has 1 aliphatic rings. The first-order valence-electron chi connectivity index (χ1n) is 6.82. The zero-order chi connectivity index (χ0) is 17.3. The maximum atomic E-state index is 12.3. The van der Waals surface area contributed by atoms with Crippen LogP contribution in [-0.4, -0.2) is 36.0 Å². The Morgan fingerprint density at radius 2 is 1.96 bits per heavy atom. The van der Waals surface area contributed by atoms with E-state index < -0.39 is 21.8 Å². The molecule has 8 nitrogen and oxygen atoms in total. The van der Waals surface area contributed by atoms with Gasteiger partial charge in [-0.2, -0.15) is 0 Å². The fourth-order valence-corrected chi connectivity index (χ4v) is 3.87. The highest BCUT2D eigenvalue weighted by Crippen LogP contribution is 2.29. The number of amides is 2. The van der Waals surface area contributed by atoms with Crippen LogP contribution in [0, 0.1) is 0 Å². The first-order chi connectivity index (χ1) is 11.4. The summed E-state index contributed by atoms with van der Waals surface area (Å²) >= 11 is 6.02. The summed E-state index contributed by atoms with van der Waals surface area (Å²) in [4.78, 5) is 31.9. The Hall–Kier alpha value is -2.52. The van der Waals surface area contributed by atoms with E-state index in [0.29, 0.717) is 4.31 Å². The molecule has 0 atom stereocenters. The second kappa shape index (κ2) is 6.17. The maximum Gasteiger partial charge on any atom is 0.259 e. The minimum Gasteiger partial charge on any atom is -0.290 e. The van der Waals surface area contributed by atoms with Gasteiger partial charge >= 0.3 is 0 Å². The highest BCUT2D eigenvalue weighted by atomic mass is 35.5. The Morgan fingerprint density at radius 3 is 2.58 bits per heavy atom. The molecule has 2 aromatic rings. The summed E-state index contributed by atoms with van der Waals surface area (Å²) in [6, 6.07) is 5.58. The molecule has 1 N–H and O–H groups in total. The fourth-order valence-electron chi connectivity index (χ4n) is 2.21. The van der Waals surface area contributed by atoms with Crippen LogP contribution in [0.25, 0.3) is 0 Å². The molecule has 1 aliphatic heterocycles. The predicted octanol–water partition coefficient (Wildman–Crippen LogP) is 1.45. The average Bonchev–Trinajstić information content (AvgIpc) is 2.82. The van der Waals surface area contributed by atoms with Gasteiger partial charge in [-0.25, -0.2) is 22.7 Å². The van der Waals surface area contributed by atoms with E-state index >= 15 is 0 Å². The third-order valence-corrected chi connectivity index (χ3v) is 5.32. The van der Waals surface area contributed by atoms with E-state index in [1.165, 1.54) is 30.6 Å². The first-order valence-corrected chi connectivity index (χ1v) is 8.81. The van der Waals surface area contributed by atoms with Crippen LogP contribution in [0.4, 0.5) is 11.6 Å². The minimum absolute atomic E-state index is 0.0107. The van der Waals surface area contributed by atoms with Gasteiger partial charge in [-0.1, -0.05) is 11.6 Å². The lowest BCUT2D eigenvalue weighted by Crippen LogP contribution is -2.29. The summed E-state index contributed by atoms with van der Waals surface area (Å²) in [6.45, 7) is 0. The normalized spacial score (nSPS) is 16.2. The molecule has 0 unspecified atom stereocenters. The van der Waals surface area contributed by atoms with E-state index in [1.54, 1.807) is 6.07 Å². The number of hydrogen-bond acceptors (Lipinski definition) is 6. The van der Waals surface area contributed by atoms with E-state index in [2.05, 4.69) is 15.3 Å².